The van der Waals surface area contributed by atoms with Crippen molar-refractivity contribution >= 4 is 46.4 Å². The van der Waals surface area contributed by atoms with Crippen LogP contribution in [-0.4, -0.2) is 17.5 Å². The van der Waals surface area contributed by atoms with Crippen LogP contribution in [0.15, 0.2) is 47.6 Å². The maximum atomic E-state index is 12.1. The molecule has 2 amide bonds. The van der Waals surface area contributed by atoms with Gasteiger partial charge in [-0.25, -0.2) is 5.43 Å². The molecular formula is C19H19Cl2N3O2. The third kappa shape index (κ3) is 6.50. The molecule has 0 saturated carbocycles. The van der Waals surface area contributed by atoms with Gasteiger partial charge in [-0.05, 0) is 55.3 Å². The summed E-state index contributed by atoms with van der Waals surface area (Å²) in [4.78, 5) is 24.0. The zero-order valence-electron chi connectivity index (χ0n) is 14.5. The number of anilines is 1. The van der Waals surface area contributed by atoms with Gasteiger partial charge in [0.1, 0.15) is 0 Å². The summed E-state index contributed by atoms with van der Waals surface area (Å²) in [5.41, 5.74) is 5.35. The Bertz CT molecular complexity index is 833. The molecule has 0 aliphatic rings. The highest BCUT2D eigenvalue weighted by atomic mass is 35.5. The van der Waals surface area contributed by atoms with Crippen molar-refractivity contribution < 1.29 is 9.59 Å². The van der Waals surface area contributed by atoms with Gasteiger partial charge in [-0.2, -0.15) is 5.10 Å². The Kier molecular flexibility index (Phi) is 7.18. The summed E-state index contributed by atoms with van der Waals surface area (Å²) in [6, 6.07) is 12.2. The van der Waals surface area contributed by atoms with Crippen LogP contribution in [0.25, 0.3) is 0 Å². The fourth-order valence-electron chi connectivity index (χ4n) is 2.22. The van der Waals surface area contributed by atoms with E-state index in [0.29, 0.717) is 21.4 Å². The number of halogens is 2. The third-order valence-electron chi connectivity index (χ3n) is 3.53. The second kappa shape index (κ2) is 9.36. The van der Waals surface area contributed by atoms with E-state index in [4.69, 9.17) is 23.2 Å². The van der Waals surface area contributed by atoms with Crippen molar-refractivity contribution in [2.45, 2.75) is 26.7 Å². The van der Waals surface area contributed by atoms with E-state index in [-0.39, 0.29) is 24.7 Å². The molecule has 0 aliphatic heterocycles. The Morgan fingerprint density at radius 2 is 1.65 bits per heavy atom. The number of rotatable bonds is 6. The number of hydrazone groups is 1. The van der Waals surface area contributed by atoms with Crippen molar-refractivity contribution in [3.63, 3.8) is 0 Å². The van der Waals surface area contributed by atoms with E-state index in [0.717, 1.165) is 11.1 Å². The van der Waals surface area contributed by atoms with E-state index in [1.165, 1.54) is 0 Å². The molecule has 0 radical (unpaired) electrons. The van der Waals surface area contributed by atoms with E-state index in [9.17, 15) is 9.59 Å². The Morgan fingerprint density at radius 3 is 2.31 bits per heavy atom. The maximum Gasteiger partial charge on any atom is 0.244 e. The molecule has 0 spiro atoms. The lowest BCUT2D eigenvalue weighted by Crippen LogP contribution is -2.23. The van der Waals surface area contributed by atoms with Gasteiger partial charge in [-0.15, -0.1) is 0 Å². The lowest BCUT2D eigenvalue weighted by Gasteiger charge is -2.08. The zero-order valence-corrected chi connectivity index (χ0v) is 16.0. The Hall–Kier alpha value is -2.37. The minimum absolute atomic E-state index is 0.0727. The van der Waals surface area contributed by atoms with Crippen LogP contribution in [0.2, 0.25) is 10.0 Å². The van der Waals surface area contributed by atoms with Crippen molar-refractivity contribution in [1.29, 1.82) is 0 Å². The first-order valence-electron chi connectivity index (χ1n) is 7.96. The third-order valence-corrected chi connectivity index (χ3v) is 4.02. The normalized spacial score (nSPS) is 11.2. The van der Waals surface area contributed by atoms with Gasteiger partial charge >= 0.3 is 0 Å². The molecule has 2 N–H and O–H groups in total. The second-order valence-electron chi connectivity index (χ2n) is 5.87. The van der Waals surface area contributed by atoms with Gasteiger partial charge in [-0.3, -0.25) is 9.59 Å². The Labute approximate surface area is 162 Å². The molecule has 0 fully saturated rings. The smallest absolute Gasteiger partial charge is 0.244 e. The predicted molar refractivity (Wildman–Crippen MR) is 106 cm³/mol. The van der Waals surface area contributed by atoms with Gasteiger partial charge in [0, 0.05) is 21.4 Å². The molecule has 0 unspecified atom stereocenters. The van der Waals surface area contributed by atoms with Gasteiger partial charge in [0.05, 0.1) is 12.8 Å². The number of nitrogens with zero attached hydrogens (tertiary/aromatic N) is 1. The van der Waals surface area contributed by atoms with Crippen molar-refractivity contribution in [1.82, 2.24) is 5.43 Å². The highest BCUT2D eigenvalue weighted by Crippen LogP contribution is 2.19. The summed E-state index contributed by atoms with van der Waals surface area (Å²) < 4.78 is 0. The van der Waals surface area contributed by atoms with Gasteiger partial charge in [0.15, 0.2) is 0 Å². The number of carbonyl (C=O) groups is 2. The summed E-state index contributed by atoms with van der Waals surface area (Å²) in [6.45, 7) is 3.54. The fraction of sp³-hybridized carbons (Fsp3) is 0.211. The minimum atomic E-state index is -0.263. The number of benzene rings is 2. The largest absolute Gasteiger partial charge is 0.326 e. The number of hydrogen-bond donors (Lipinski definition) is 2. The van der Waals surface area contributed by atoms with E-state index in [1.54, 1.807) is 49.4 Å². The van der Waals surface area contributed by atoms with E-state index >= 15 is 0 Å². The van der Waals surface area contributed by atoms with Crippen LogP contribution in [0, 0.1) is 6.92 Å². The van der Waals surface area contributed by atoms with Crippen LogP contribution in [-0.2, 0) is 16.0 Å². The summed E-state index contributed by atoms with van der Waals surface area (Å²) in [7, 11) is 0. The highest BCUT2D eigenvalue weighted by molar-refractivity contribution is 6.31. The molecule has 2 aromatic carbocycles. The number of aryl methyl sites for hydroxylation is 1. The molecule has 0 bridgehead atoms. The van der Waals surface area contributed by atoms with Crippen LogP contribution >= 0.6 is 23.2 Å². The lowest BCUT2D eigenvalue weighted by atomic mass is 10.1. The van der Waals surface area contributed by atoms with Gasteiger partial charge in [0.25, 0.3) is 0 Å². The molecule has 0 saturated heterocycles. The maximum absolute atomic E-state index is 12.1. The quantitative estimate of drug-likeness (QED) is 0.566. The number of nitrogens with one attached hydrogen (secondary N) is 2. The zero-order chi connectivity index (χ0) is 19.1. The van der Waals surface area contributed by atoms with Gasteiger partial charge < -0.3 is 5.32 Å². The Balaban J connectivity index is 1.83. The van der Waals surface area contributed by atoms with Crippen LogP contribution in [0.3, 0.4) is 0 Å². The molecule has 2 aromatic rings. The first-order chi connectivity index (χ1) is 12.3. The molecule has 0 aliphatic carbocycles. The van der Waals surface area contributed by atoms with Gasteiger partial charge in [0.2, 0.25) is 11.8 Å². The number of carbonyl (C=O) groups excluding carboxylic acids is 2. The van der Waals surface area contributed by atoms with Crippen LogP contribution < -0.4 is 10.7 Å². The fourth-order valence-corrected chi connectivity index (χ4v) is 2.57. The lowest BCUT2D eigenvalue weighted by molar-refractivity contribution is -0.120. The average Bonchev–Trinajstić information content (AvgIpc) is 2.58. The molecule has 26 heavy (non-hydrogen) atoms. The summed E-state index contributed by atoms with van der Waals surface area (Å²) in [5, 5.41) is 7.99. The number of amides is 2. The van der Waals surface area contributed by atoms with E-state index in [2.05, 4.69) is 15.8 Å². The summed E-state index contributed by atoms with van der Waals surface area (Å²) >= 11 is 11.7. The van der Waals surface area contributed by atoms with Crippen molar-refractivity contribution in [2.24, 2.45) is 5.10 Å². The molecule has 2 rings (SSSR count). The van der Waals surface area contributed by atoms with Crippen molar-refractivity contribution in [3.8, 4) is 0 Å². The number of hydrogen-bond acceptors (Lipinski definition) is 3. The molecule has 0 atom stereocenters. The second-order valence-corrected chi connectivity index (χ2v) is 6.74. The highest BCUT2D eigenvalue weighted by Gasteiger charge is 2.08. The van der Waals surface area contributed by atoms with Crippen LogP contribution in [0.4, 0.5) is 5.69 Å². The van der Waals surface area contributed by atoms with Crippen molar-refractivity contribution in [2.75, 3.05) is 5.32 Å². The SMILES string of the molecule is C/C(CC(=O)Nc1ccc(Cl)cc1C)=N/NC(=O)Cc1ccc(Cl)cc1. The van der Waals surface area contributed by atoms with Gasteiger partial charge in [-0.1, -0.05) is 35.3 Å². The summed E-state index contributed by atoms with van der Waals surface area (Å²) in [6.07, 6.45) is 0.257. The standard InChI is InChI=1S/C19H19Cl2N3O2/c1-12-9-16(21)7-8-17(12)22-18(25)10-13(2)23-24-19(26)11-14-3-5-15(20)6-4-14/h3-9H,10-11H2,1-2H3,(H,22,25)(H,24,26)/b23-13-. The average molecular weight is 392 g/mol. The van der Waals surface area contributed by atoms with E-state index < -0.39 is 0 Å². The topological polar surface area (TPSA) is 70.6 Å². The minimum Gasteiger partial charge on any atom is -0.326 e. The molecule has 0 aromatic heterocycles. The first kappa shape index (κ1) is 19.9. The summed E-state index contributed by atoms with van der Waals surface area (Å²) in [5.74, 6) is -0.482. The molecule has 0 heterocycles. The van der Waals surface area contributed by atoms with Crippen LogP contribution in [0.1, 0.15) is 24.5 Å². The molecule has 136 valence electrons. The molecule has 7 heteroatoms. The monoisotopic (exact) mass is 391 g/mol. The predicted octanol–water partition coefficient (Wildman–Crippen LogP) is 4.37. The molecule has 5 nitrogen and oxygen atoms in total. The molecular weight excluding hydrogens is 373 g/mol. The first-order valence-corrected chi connectivity index (χ1v) is 8.71. The van der Waals surface area contributed by atoms with E-state index in [1.807, 2.05) is 6.92 Å². The van der Waals surface area contributed by atoms with Crippen molar-refractivity contribution in [3.05, 3.63) is 63.6 Å². The Morgan fingerprint density at radius 1 is 1.00 bits per heavy atom. The van der Waals surface area contributed by atoms with Crippen LogP contribution in [0.5, 0.6) is 0 Å².